The van der Waals surface area contributed by atoms with Gasteiger partial charge in [-0.15, -0.1) is 0 Å². The molecule has 1 aliphatic rings. The van der Waals surface area contributed by atoms with Gasteiger partial charge in [-0.3, -0.25) is 14.5 Å². The molecule has 1 rings (SSSR count). The standard InChI is InChI=1S/C12H20N2O3/c1-11(2,3)8(15)6-7-14-9(16)12(4,5)13-10(14)17/h6-7H2,1-5H3,(H,13,17). The Kier molecular flexibility index (Phi) is 3.32. The summed E-state index contributed by atoms with van der Waals surface area (Å²) in [5.74, 6) is -0.230. The highest BCUT2D eigenvalue weighted by Gasteiger charge is 2.44. The highest BCUT2D eigenvalue weighted by molar-refractivity contribution is 6.06. The zero-order valence-corrected chi connectivity index (χ0v) is 11.1. The fourth-order valence-electron chi connectivity index (χ4n) is 1.61. The van der Waals surface area contributed by atoms with Gasteiger partial charge >= 0.3 is 6.03 Å². The van der Waals surface area contributed by atoms with Crippen molar-refractivity contribution in [1.29, 1.82) is 0 Å². The van der Waals surface area contributed by atoms with E-state index in [4.69, 9.17) is 0 Å². The Morgan fingerprint density at radius 3 is 2.18 bits per heavy atom. The van der Waals surface area contributed by atoms with Crippen LogP contribution in [0.25, 0.3) is 0 Å². The fourth-order valence-corrected chi connectivity index (χ4v) is 1.61. The lowest BCUT2D eigenvalue weighted by molar-refractivity contribution is -0.131. The summed E-state index contributed by atoms with van der Waals surface area (Å²) in [4.78, 5) is 36.2. The van der Waals surface area contributed by atoms with Crippen molar-refractivity contribution in [1.82, 2.24) is 10.2 Å². The van der Waals surface area contributed by atoms with Crippen LogP contribution in [0.15, 0.2) is 0 Å². The van der Waals surface area contributed by atoms with Crippen molar-refractivity contribution in [2.45, 2.75) is 46.6 Å². The molecule has 5 nitrogen and oxygen atoms in total. The molecule has 96 valence electrons. The number of carbonyl (C=O) groups is 3. The van der Waals surface area contributed by atoms with Crippen LogP contribution >= 0.6 is 0 Å². The zero-order valence-electron chi connectivity index (χ0n) is 11.1. The van der Waals surface area contributed by atoms with Gasteiger partial charge in [0, 0.05) is 18.4 Å². The van der Waals surface area contributed by atoms with Crippen molar-refractivity contribution in [3.8, 4) is 0 Å². The van der Waals surface area contributed by atoms with Crippen molar-refractivity contribution >= 4 is 17.7 Å². The van der Waals surface area contributed by atoms with Gasteiger partial charge in [-0.1, -0.05) is 20.8 Å². The summed E-state index contributed by atoms with van der Waals surface area (Å²) in [6, 6.07) is -0.415. The average molecular weight is 240 g/mol. The number of hydrogen-bond donors (Lipinski definition) is 1. The predicted octanol–water partition coefficient (Wildman–Crippen LogP) is 1.32. The van der Waals surface area contributed by atoms with E-state index < -0.39 is 17.0 Å². The molecular formula is C12H20N2O3. The van der Waals surface area contributed by atoms with Gasteiger partial charge in [-0.2, -0.15) is 0 Å². The lowest BCUT2D eigenvalue weighted by atomic mass is 9.89. The molecule has 0 saturated carbocycles. The van der Waals surface area contributed by atoms with Crippen LogP contribution in [0.5, 0.6) is 0 Å². The largest absolute Gasteiger partial charge is 0.325 e. The maximum Gasteiger partial charge on any atom is 0.325 e. The van der Waals surface area contributed by atoms with E-state index in [2.05, 4.69) is 5.32 Å². The van der Waals surface area contributed by atoms with Gasteiger partial charge in [-0.25, -0.2) is 4.79 Å². The number of amides is 3. The Morgan fingerprint density at radius 1 is 1.29 bits per heavy atom. The maximum absolute atomic E-state index is 11.8. The Bertz CT molecular complexity index is 366. The van der Waals surface area contributed by atoms with E-state index in [1.165, 1.54) is 0 Å². The number of carbonyl (C=O) groups excluding carboxylic acids is 3. The Morgan fingerprint density at radius 2 is 1.82 bits per heavy atom. The van der Waals surface area contributed by atoms with Gasteiger partial charge < -0.3 is 5.32 Å². The molecule has 5 heteroatoms. The third kappa shape index (κ3) is 2.84. The van der Waals surface area contributed by atoms with Crippen LogP contribution in [-0.2, 0) is 9.59 Å². The Balaban J connectivity index is 2.63. The monoisotopic (exact) mass is 240 g/mol. The number of hydrogen-bond acceptors (Lipinski definition) is 3. The molecule has 1 saturated heterocycles. The molecule has 0 bridgehead atoms. The highest BCUT2D eigenvalue weighted by atomic mass is 16.2. The van der Waals surface area contributed by atoms with Crippen molar-refractivity contribution in [3.63, 3.8) is 0 Å². The molecule has 0 unspecified atom stereocenters. The summed E-state index contributed by atoms with van der Waals surface area (Å²) >= 11 is 0. The summed E-state index contributed by atoms with van der Waals surface area (Å²) in [5, 5.41) is 2.58. The molecular weight excluding hydrogens is 220 g/mol. The summed E-state index contributed by atoms with van der Waals surface area (Å²) in [5.41, 5.74) is -1.30. The number of Topliss-reactive ketones (excluding diaryl/α,β-unsaturated/α-hetero) is 1. The second-order valence-electron chi connectivity index (χ2n) is 5.94. The maximum atomic E-state index is 11.8. The summed E-state index contributed by atoms with van der Waals surface area (Å²) in [7, 11) is 0. The van der Waals surface area contributed by atoms with E-state index in [-0.39, 0.29) is 24.7 Å². The van der Waals surface area contributed by atoms with E-state index in [0.717, 1.165) is 4.90 Å². The number of rotatable bonds is 3. The molecule has 0 aromatic carbocycles. The van der Waals surface area contributed by atoms with Gasteiger partial charge in [0.25, 0.3) is 5.91 Å². The zero-order chi connectivity index (χ0) is 13.4. The van der Waals surface area contributed by atoms with Gasteiger partial charge in [0.15, 0.2) is 0 Å². The lowest BCUT2D eigenvalue weighted by Gasteiger charge is -2.19. The molecule has 0 radical (unpaired) electrons. The van der Waals surface area contributed by atoms with Gasteiger partial charge in [0.2, 0.25) is 0 Å². The van der Waals surface area contributed by atoms with Crippen molar-refractivity contribution < 1.29 is 14.4 Å². The molecule has 1 fully saturated rings. The van der Waals surface area contributed by atoms with E-state index >= 15 is 0 Å². The quantitative estimate of drug-likeness (QED) is 0.757. The first kappa shape index (κ1) is 13.7. The molecule has 0 aromatic heterocycles. The van der Waals surface area contributed by atoms with Crippen LogP contribution in [0, 0.1) is 5.41 Å². The number of urea groups is 1. The second-order valence-corrected chi connectivity index (χ2v) is 5.94. The summed E-state index contributed by atoms with van der Waals surface area (Å²) < 4.78 is 0. The summed E-state index contributed by atoms with van der Waals surface area (Å²) in [6.07, 6.45) is 0.207. The molecule has 3 amide bonds. The molecule has 0 aliphatic carbocycles. The highest BCUT2D eigenvalue weighted by Crippen LogP contribution is 2.20. The second kappa shape index (κ2) is 4.13. The third-order valence-electron chi connectivity index (χ3n) is 2.84. The fraction of sp³-hybridized carbons (Fsp3) is 0.750. The predicted molar refractivity (Wildman–Crippen MR) is 63.4 cm³/mol. The normalized spacial score (nSPS) is 19.5. The smallest absolute Gasteiger partial charge is 0.324 e. The number of nitrogens with zero attached hydrogens (tertiary/aromatic N) is 1. The number of ketones is 1. The Hall–Kier alpha value is -1.39. The topological polar surface area (TPSA) is 66.5 Å². The van der Waals surface area contributed by atoms with Crippen molar-refractivity contribution in [3.05, 3.63) is 0 Å². The lowest BCUT2D eigenvalue weighted by Crippen LogP contribution is -2.40. The minimum atomic E-state index is -0.859. The van der Waals surface area contributed by atoms with Gasteiger partial charge in [-0.05, 0) is 13.8 Å². The minimum absolute atomic E-state index is 0.0443. The van der Waals surface area contributed by atoms with E-state index in [1.54, 1.807) is 13.8 Å². The molecule has 17 heavy (non-hydrogen) atoms. The van der Waals surface area contributed by atoms with E-state index in [9.17, 15) is 14.4 Å². The first-order valence-corrected chi connectivity index (χ1v) is 5.73. The third-order valence-corrected chi connectivity index (χ3v) is 2.84. The minimum Gasteiger partial charge on any atom is -0.324 e. The van der Waals surface area contributed by atoms with E-state index in [0.29, 0.717) is 0 Å². The molecule has 1 heterocycles. The summed E-state index contributed by atoms with van der Waals surface area (Å²) in [6.45, 7) is 8.93. The molecule has 0 spiro atoms. The number of nitrogens with one attached hydrogen (secondary N) is 1. The SMILES string of the molecule is CC(C)(C)C(=O)CCN1C(=O)NC(C)(C)C1=O. The molecule has 0 aromatic rings. The van der Waals surface area contributed by atoms with Crippen LogP contribution in [-0.4, -0.2) is 34.7 Å². The van der Waals surface area contributed by atoms with Gasteiger partial charge in [0.1, 0.15) is 11.3 Å². The molecule has 0 atom stereocenters. The Labute approximate surface area is 102 Å². The van der Waals surface area contributed by atoms with Crippen LogP contribution in [0.2, 0.25) is 0 Å². The van der Waals surface area contributed by atoms with Crippen molar-refractivity contribution in [2.75, 3.05) is 6.54 Å². The van der Waals surface area contributed by atoms with Gasteiger partial charge in [0.05, 0.1) is 0 Å². The average Bonchev–Trinajstić information content (AvgIpc) is 2.32. The number of imide groups is 1. The first-order chi connectivity index (χ1) is 7.55. The first-order valence-electron chi connectivity index (χ1n) is 5.73. The van der Waals surface area contributed by atoms with E-state index in [1.807, 2.05) is 20.8 Å². The van der Waals surface area contributed by atoms with Crippen LogP contribution in [0.1, 0.15) is 41.0 Å². The molecule has 1 aliphatic heterocycles. The van der Waals surface area contributed by atoms with Crippen LogP contribution < -0.4 is 5.32 Å². The van der Waals surface area contributed by atoms with Crippen molar-refractivity contribution in [2.24, 2.45) is 5.41 Å². The van der Waals surface area contributed by atoms with Crippen LogP contribution in [0.4, 0.5) is 4.79 Å². The van der Waals surface area contributed by atoms with Crippen LogP contribution in [0.3, 0.4) is 0 Å². The molecule has 1 N–H and O–H groups in total.